The third-order valence-electron chi connectivity index (χ3n) is 10.2. The first-order chi connectivity index (χ1) is 25.4. The summed E-state index contributed by atoms with van der Waals surface area (Å²) in [6, 6.07) is 40.2. The Morgan fingerprint density at radius 3 is 2.06 bits per heavy atom. The van der Waals surface area contributed by atoms with Crippen LogP contribution in [0.2, 0.25) is 0 Å². The summed E-state index contributed by atoms with van der Waals surface area (Å²) < 4.78 is 12.3. The van der Waals surface area contributed by atoms with E-state index in [2.05, 4.69) is 29.3 Å². The van der Waals surface area contributed by atoms with Crippen LogP contribution >= 0.6 is 0 Å². The van der Waals surface area contributed by atoms with E-state index in [1.165, 1.54) is 19.3 Å². The number of carbonyl (C=O) groups excluding carboxylic acids is 2. The van der Waals surface area contributed by atoms with E-state index in [0.29, 0.717) is 31.3 Å². The maximum absolute atomic E-state index is 13.1. The topological polar surface area (TPSA) is 71.1 Å². The van der Waals surface area contributed by atoms with E-state index in [1.54, 1.807) is 0 Å². The molecule has 2 fully saturated rings. The summed E-state index contributed by atoms with van der Waals surface area (Å²) in [5, 5.41) is 3.08. The Morgan fingerprint density at radius 2 is 1.37 bits per heavy atom. The molecule has 266 valence electrons. The van der Waals surface area contributed by atoms with Crippen molar-refractivity contribution in [1.29, 1.82) is 0 Å². The van der Waals surface area contributed by atoms with Gasteiger partial charge in [-0.05, 0) is 117 Å². The summed E-state index contributed by atoms with van der Waals surface area (Å²) in [7, 11) is 0. The quantitative estimate of drug-likeness (QED) is 0.158. The number of hydrogen-bond acceptors (Lipinski definition) is 5. The minimum absolute atomic E-state index is 0.0900. The molecule has 0 aromatic heterocycles. The number of nitrogens with zero attached hydrogens (tertiary/aromatic N) is 2. The molecule has 0 spiro atoms. The van der Waals surface area contributed by atoms with E-state index >= 15 is 0 Å². The Hall–Kier alpha value is -5.56. The standard InChI is InChI=1S/C45H47N3O4/c1-32-9-13-38(14-10-32)45(50)47-28-25-43(26-29-47)52-42-21-11-34(12-22-42)31-51-41-23-19-36(20-24-41)35-15-17-37(18-16-35)44(49)46-39-7-5-8-40(30-39)48-27-4-3-6-33(48)2/h5,7-24,30,33,43H,3-4,6,25-29,31H2,1-2H3,(H,46,49). The maximum atomic E-state index is 13.1. The van der Waals surface area contributed by atoms with Crippen LogP contribution in [0, 0.1) is 6.92 Å². The molecule has 2 aliphatic heterocycles. The molecule has 0 radical (unpaired) electrons. The highest BCUT2D eigenvalue weighted by Gasteiger charge is 2.25. The molecule has 2 aliphatic rings. The van der Waals surface area contributed by atoms with Crippen LogP contribution in [-0.4, -0.2) is 48.5 Å². The predicted molar refractivity (Wildman–Crippen MR) is 208 cm³/mol. The van der Waals surface area contributed by atoms with Crippen LogP contribution in [0.5, 0.6) is 11.5 Å². The van der Waals surface area contributed by atoms with E-state index in [4.69, 9.17) is 9.47 Å². The Morgan fingerprint density at radius 1 is 0.712 bits per heavy atom. The first kappa shape index (κ1) is 34.9. The molecular weight excluding hydrogens is 647 g/mol. The van der Waals surface area contributed by atoms with Crippen LogP contribution in [0.1, 0.15) is 70.9 Å². The zero-order chi connectivity index (χ0) is 35.9. The SMILES string of the molecule is Cc1ccc(C(=O)N2CCC(Oc3ccc(COc4ccc(-c5ccc(C(=O)Nc6cccc(N7CCCCC7C)c6)cc5)cc4)cc3)CC2)cc1. The van der Waals surface area contributed by atoms with Gasteiger partial charge in [-0.2, -0.15) is 0 Å². The molecule has 2 saturated heterocycles. The number of ether oxygens (including phenoxy) is 2. The van der Waals surface area contributed by atoms with Crippen LogP contribution in [0.15, 0.2) is 121 Å². The van der Waals surface area contributed by atoms with Crippen LogP contribution in [0.3, 0.4) is 0 Å². The lowest BCUT2D eigenvalue weighted by molar-refractivity contribution is 0.0595. The summed E-state index contributed by atoms with van der Waals surface area (Å²) in [5.74, 6) is 1.59. The average molecular weight is 694 g/mol. The van der Waals surface area contributed by atoms with Crippen molar-refractivity contribution in [2.75, 3.05) is 29.9 Å². The lowest BCUT2D eigenvalue weighted by Crippen LogP contribution is -2.41. The van der Waals surface area contributed by atoms with Crippen molar-refractivity contribution in [1.82, 2.24) is 4.90 Å². The molecule has 7 heteroatoms. The average Bonchev–Trinajstić information content (AvgIpc) is 3.18. The number of aryl methyl sites for hydroxylation is 1. The van der Waals surface area contributed by atoms with Gasteiger partial charge in [0.05, 0.1) is 0 Å². The lowest BCUT2D eigenvalue weighted by atomic mass is 10.0. The largest absolute Gasteiger partial charge is 0.490 e. The van der Waals surface area contributed by atoms with Gasteiger partial charge in [-0.25, -0.2) is 0 Å². The van der Waals surface area contributed by atoms with E-state index < -0.39 is 0 Å². The predicted octanol–water partition coefficient (Wildman–Crippen LogP) is 9.56. The second-order valence-electron chi connectivity index (χ2n) is 14.1. The van der Waals surface area contributed by atoms with E-state index in [9.17, 15) is 9.59 Å². The third-order valence-corrected chi connectivity index (χ3v) is 10.2. The molecule has 2 heterocycles. The van der Waals surface area contributed by atoms with Crippen molar-refractivity contribution in [3.05, 3.63) is 144 Å². The molecular formula is C45H47N3O4. The van der Waals surface area contributed by atoms with Crippen molar-refractivity contribution < 1.29 is 19.1 Å². The van der Waals surface area contributed by atoms with Gasteiger partial charge < -0.3 is 24.6 Å². The number of amides is 2. The van der Waals surface area contributed by atoms with Crippen molar-refractivity contribution in [2.45, 2.75) is 64.7 Å². The number of hydrogen-bond donors (Lipinski definition) is 1. The molecule has 7 rings (SSSR count). The molecule has 52 heavy (non-hydrogen) atoms. The monoisotopic (exact) mass is 693 g/mol. The van der Waals surface area contributed by atoms with Crippen molar-refractivity contribution in [3.63, 3.8) is 0 Å². The highest BCUT2D eigenvalue weighted by Crippen LogP contribution is 2.28. The summed E-state index contributed by atoms with van der Waals surface area (Å²) in [6.07, 6.45) is 5.39. The van der Waals surface area contributed by atoms with Crippen molar-refractivity contribution in [3.8, 4) is 22.6 Å². The molecule has 0 saturated carbocycles. The second kappa shape index (κ2) is 16.2. The molecule has 1 unspecified atom stereocenters. The first-order valence-electron chi connectivity index (χ1n) is 18.5. The minimum Gasteiger partial charge on any atom is -0.490 e. The van der Waals surface area contributed by atoms with Gasteiger partial charge in [0.15, 0.2) is 0 Å². The summed E-state index contributed by atoms with van der Waals surface area (Å²) >= 11 is 0. The summed E-state index contributed by atoms with van der Waals surface area (Å²) in [4.78, 5) is 30.3. The van der Waals surface area contributed by atoms with Crippen molar-refractivity contribution >= 4 is 23.2 Å². The Labute approximate surface area is 307 Å². The number of nitrogens with one attached hydrogen (secondary N) is 1. The Kier molecular flexibility index (Phi) is 10.9. The fourth-order valence-corrected chi connectivity index (χ4v) is 7.08. The van der Waals surface area contributed by atoms with E-state index in [-0.39, 0.29) is 17.9 Å². The highest BCUT2D eigenvalue weighted by atomic mass is 16.5. The van der Waals surface area contributed by atoms with Crippen LogP contribution in [0.25, 0.3) is 11.1 Å². The van der Waals surface area contributed by atoms with Gasteiger partial charge in [0.25, 0.3) is 11.8 Å². The number of likely N-dealkylation sites (tertiary alicyclic amines) is 1. The van der Waals surface area contributed by atoms with Crippen LogP contribution < -0.4 is 19.7 Å². The van der Waals surface area contributed by atoms with Gasteiger partial charge in [-0.1, -0.05) is 60.2 Å². The Bertz CT molecular complexity index is 1950. The molecule has 0 aliphatic carbocycles. The molecule has 1 atom stereocenters. The highest BCUT2D eigenvalue weighted by molar-refractivity contribution is 6.04. The number of benzene rings is 5. The number of anilines is 2. The van der Waals surface area contributed by atoms with E-state index in [1.807, 2.05) is 121 Å². The van der Waals surface area contributed by atoms with Gasteiger partial charge in [0, 0.05) is 61.0 Å². The van der Waals surface area contributed by atoms with Crippen molar-refractivity contribution in [2.24, 2.45) is 0 Å². The minimum atomic E-state index is -0.119. The Balaban J connectivity index is 0.859. The van der Waals surface area contributed by atoms with Gasteiger partial charge in [0.1, 0.15) is 24.2 Å². The maximum Gasteiger partial charge on any atom is 0.255 e. The van der Waals surface area contributed by atoms with Gasteiger partial charge in [-0.15, -0.1) is 0 Å². The van der Waals surface area contributed by atoms with Gasteiger partial charge in [-0.3, -0.25) is 9.59 Å². The molecule has 0 bridgehead atoms. The number of rotatable bonds is 10. The first-order valence-corrected chi connectivity index (χ1v) is 18.5. The lowest BCUT2D eigenvalue weighted by Gasteiger charge is -2.35. The van der Waals surface area contributed by atoms with E-state index in [0.717, 1.165) is 70.1 Å². The van der Waals surface area contributed by atoms with Gasteiger partial charge >= 0.3 is 0 Å². The smallest absolute Gasteiger partial charge is 0.255 e. The summed E-state index contributed by atoms with van der Waals surface area (Å²) in [5.41, 5.74) is 7.62. The third kappa shape index (κ3) is 8.65. The molecule has 5 aromatic rings. The number of piperidine rings is 2. The van der Waals surface area contributed by atoms with Gasteiger partial charge in [0.2, 0.25) is 0 Å². The molecule has 2 amide bonds. The molecule has 5 aromatic carbocycles. The van der Waals surface area contributed by atoms with Crippen LogP contribution in [0.4, 0.5) is 11.4 Å². The number of carbonyl (C=O) groups is 2. The van der Waals surface area contributed by atoms with Crippen LogP contribution in [-0.2, 0) is 6.61 Å². The fourth-order valence-electron chi connectivity index (χ4n) is 7.08. The zero-order valence-corrected chi connectivity index (χ0v) is 30.1. The zero-order valence-electron chi connectivity index (χ0n) is 30.1. The second-order valence-corrected chi connectivity index (χ2v) is 14.1. The fraction of sp³-hybridized carbons (Fsp3) is 0.289. The summed E-state index contributed by atoms with van der Waals surface area (Å²) in [6.45, 7) is 7.19. The molecule has 1 N–H and O–H groups in total. The normalized spacial score (nSPS) is 16.3. The molecule has 7 nitrogen and oxygen atoms in total.